The van der Waals surface area contributed by atoms with Crippen LogP contribution in [0.2, 0.25) is 0 Å². The molecule has 0 spiro atoms. The van der Waals surface area contributed by atoms with Gasteiger partial charge in [-0.3, -0.25) is 5.43 Å². The largest absolute Gasteiger partial charge is 0.493 e. The van der Waals surface area contributed by atoms with E-state index in [1.165, 1.54) is 0 Å². The number of methoxy groups -OCH3 is 3. The van der Waals surface area contributed by atoms with Gasteiger partial charge in [-0.05, 0) is 49.0 Å². The lowest BCUT2D eigenvalue weighted by Crippen LogP contribution is -2.23. The Morgan fingerprint density at radius 1 is 1.04 bits per heavy atom. The first-order valence-electron chi connectivity index (χ1n) is 7.54. The number of aryl methyl sites for hydroxylation is 1. The van der Waals surface area contributed by atoms with Crippen molar-refractivity contribution >= 4 is 29.2 Å². The molecule has 0 aliphatic heterocycles. The van der Waals surface area contributed by atoms with E-state index in [1.54, 1.807) is 39.7 Å². The first kappa shape index (κ1) is 18.5. The van der Waals surface area contributed by atoms with E-state index in [2.05, 4.69) is 15.8 Å². The summed E-state index contributed by atoms with van der Waals surface area (Å²) in [4.78, 5) is 0. The fourth-order valence-corrected chi connectivity index (χ4v) is 2.39. The molecule has 132 valence electrons. The minimum absolute atomic E-state index is 0.397. The summed E-state index contributed by atoms with van der Waals surface area (Å²) in [6.45, 7) is 2.02. The second-order valence-electron chi connectivity index (χ2n) is 5.15. The molecule has 7 heteroatoms. The van der Waals surface area contributed by atoms with Crippen molar-refractivity contribution in [3.8, 4) is 17.2 Å². The average molecular weight is 359 g/mol. The minimum atomic E-state index is 0.397. The van der Waals surface area contributed by atoms with Crippen molar-refractivity contribution < 1.29 is 14.2 Å². The Labute approximate surface area is 152 Å². The molecular formula is C18H21N3O3S. The molecule has 0 amide bonds. The highest BCUT2D eigenvalue weighted by Gasteiger charge is 2.12. The van der Waals surface area contributed by atoms with E-state index in [1.807, 2.05) is 31.2 Å². The van der Waals surface area contributed by atoms with Crippen LogP contribution in [0.4, 0.5) is 5.69 Å². The van der Waals surface area contributed by atoms with Gasteiger partial charge in [0.1, 0.15) is 0 Å². The van der Waals surface area contributed by atoms with Crippen LogP contribution >= 0.6 is 12.2 Å². The van der Waals surface area contributed by atoms with Crippen LogP contribution in [-0.2, 0) is 0 Å². The molecule has 0 unspecified atom stereocenters. The maximum Gasteiger partial charge on any atom is 0.203 e. The van der Waals surface area contributed by atoms with E-state index >= 15 is 0 Å². The lowest BCUT2D eigenvalue weighted by atomic mass is 10.2. The Morgan fingerprint density at radius 2 is 1.72 bits per heavy atom. The van der Waals surface area contributed by atoms with Crippen LogP contribution in [0.15, 0.2) is 41.5 Å². The van der Waals surface area contributed by atoms with Gasteiger partial charge in [-0.15, -0.1) is 0 Å². The summed E-state index contributed by atoms with van der Waals surface area (Å²) in [6, 6.07) is 11.5. The zero-order valence-electron chi connectivity index (χ0n) is 14.6. The molecule has 0 aromatic heterocycles. The van der Waals surface area contributed by atoms with Crippen LogP contribution in [0.3, 0.4) is 0 Å². The summed E-state index contributed by atoms with van der Waals surface area (Å²) < 4.78 is 15.9. The number of ether oxygens (including phenoxy) is 3. The first-order valence-corrected chi connectivity index (χ1v) is 7.95. The van der Waals surface area contributed by atoms with Gasteiger partial charge in [-0.2, -0.15) is 5.10 Å². The second kappa shape index (κ2) is 8.89. The SMILES string of the molecule is COc1cc(/C=N/NC(=S)Nc2cccc(C)c2)cc(OC)c1OC. The van der Waals surface area contributed by atoms with Crippen molar-refractivity contribution in [3.63, 3.8) is 0 Å². The van der Waals surface area contributed by atoms with E-state index in [4.69, 9.17) is 26.4 Å². The van der Waals surface area contributed by atoms with Crippen molar-refractivity contribution in [1.29, 1.82) is 0 Å². The van der Waals surface area contributed by atoms with Gasteiger partial charge in [-0.1, -0.05) is 12.1 Å². The molecule has 0 atom stereocenters. The molecule has 2 rings (SSSR count). The number of nitrogens with zero attached hydrogens (tertiary/aromatic N) is 1. The van der Waals surface area contributed by atoms with Crippen molar-refractivity contribution in [2.45, 2.75) is 6.92 Å². The molecule has 0 aliphatic carbocycles. The zero-order valence-corrected chi connectivity index (χ0v) is 15.4. The number of nitrogens with one attached hydrogen (secondary N) is 2. The summed E-state index contributed by atoms with van der Waals surface area (Å²) in [7, 11) is 4.69. The third-order valence-corrected chi connectivity index (χ3v) is 3.54. The Balaban J connectivity index is 2.05. The van der Waals surface area contributed by atoms with Gasteiger partial charge in [0.2, 0.25) is 5.75 Å². The van der Waals surface area contributed by atoms with Crippen LogP contribution in [0.25, 0.3) is 0 Å². The maximum absolute atomic E-state index is 5.31. The van der Waals surface area contributed by atoms with Gasteiger partial charge in [0.05, 0.1) is 27.5 Å². The van der Waals surface area contributed by atoms with Crippen LogP contribution in [0, 0.1) is 6.92 Å². The standard InChI is InChI=1S/C18H21N3O3S/c1-12-6-5-7-14(8-12)20-18(25)21-19-11-13-9-15(22-2)17(24-4)16(10-13)23-3/h5-11H,1-4H3,(H2,20,21,25)/b19-11+. The maximum atomic E-state index is 5.31. The summed E-state index contributed by atoms with van der Waals surface area (Å²) in [5.41, 5.74) is 5.61. The van der Waals surface area contributed by atoms with E-state index in [0.717, 1.165) is 16.8 Å². The topological polar surface area (TPSA) is 64.1 Å². The van der Waals surface area contributed by atoms with Crippen molar-refractivity contribution in [1.82, 2.24) is 5.43 Å². The monoisotopic (exact) mass is 359 g/mol. The Kier molecular flexibility index (Phi) is 6.59. The molecule has 0 fully saturated rings. The molecule has 2 aromatic rings. The molecule has 25 heavy (non-hydrogen) atoms. The highest BCUT2D eigenvalue weighted by atomic mass is 32.1. The quantitative estimate of drug-likeness (QED) is 0.469. The molecule has 0 aliphatic rings. The molecule has 2 N–H and O–H groups in total. The summed E-state index contributed by atoms with van der Waals surface area (Å²) in [5.74, 6) is 1.65. The van der Waals surface area contributed by atoms with Crippen LogP contribution in [0.5, 0.6) is 17.2 Å². The van der Waals surface area contributed by atoms with Gasteiger partial charge in [0.25, 0.3) is 0 Å². The molecule has 0 saturated heterocycles. The van der Waals surface area contributed by atoms with Crippen molar-refractivity contribution in [2.75, 3.05) is 26.6 Å². The van der Waals surface area contributed by atoms with Crippen LogP contribution in [-0.4, -0.2) is 32.7 Å². The fraction of sp³-hybridized carbons (Fsp3) is 0.222. The number of anilines is 1. The molecule has 0 bridgehead atoms. The molecule has 2 aromatic carbocycles. The predicted octanol–water partition coefficient (Wildman–Crippen LogP) is 3.34. The molecule has 0 heterocycles. The second-order valence-corrected chi connectivity index (χ2v) is 5.56. The first-order chi connectivity index (χ1) is 12.1. The molecule has 6 nitrogen and oxygen atoms in total. The lowest BCUT2D eigenvalue weighted by molar-refractivity contribution is 0.324. The van der Waals surface area contributed by atoms with Gasteiger partial charge in [0.15, 0.2) is 16.6 Å². The fourth-order valence-electron chi connectivity index (χ4n) is 2.22. The van der Waals surface area contributed by atoms with E-state index in [9.17, 15) is 0 Å². The lowest BCUT2D eigenvalue weighted by Gasteiger charge is -2.12. The van der Waals surface area contributed by atoms with E-state index in [-0.39, 0.29) is 0 Å². The number of benzene rings is 2. The summed E-state index contributed by atoms with van der Waals surface area (Å²) >= 11 is 5.23. The van der Waals surface area contributed by atoms with Gasteiger partial charge in [0, 0.05) is 11.3 Å². The number of thiocarbonyl (C=S) groups is 1. The molecule has 0 saturated carbocycles. The Morgan fingerprint density at radius 3 is 2.28 bits per heavy atom. The average Bonchev–Trinajstić information content (AvgIpc) is 2.60. The third-order valence-electron chi connectivity index (χ3n) is 3.34. The van der Waals surface area contributed by atoms with Gasteiger partial charge >= 0.3 is 0 Å². The van der Waals surface area contributed by atoms with Crippen molar-refractivity contribution in [2.24, 2.45) is 5.10 Å². The zero-order chi connectivity index (χ0) is 18.2. The van der Waals surface area contributed by atoms with Gasteiger partial charge < -0.3 is 19.5 Å². The predicted molar refractivity (Wildman–Crippen MR) is 104 cm³/mol. The smallest absolute Gasteiger partial charge is 0.203 e. The molecular weight excluding hydrogens is 338 g/mol. The van der Waals surface area contributed by atoms with E-state index < -0.39 is 0 Å². The Hall–Kier alpha value is -2.80. The summed E-state index contributed by atoms with van der Waals surface area (Å²) in [6.07, 6.45) is 1.62. The highest BCUT2D eigenvalue weighted by molar-refractivity contribution is 7.80. The number of hydrazone groups is 1. The number of rotatable bonds is 6. The normalized spacial score (nSPS) is 10.4. The van der Waals surface area contributed by atoms with Crippen molar-refractivity contribution in [3.05, 3.63) is 47.5 Å². The van der Waals surface area contributed by atoms with Crippen LogP contribution in [0.1, 0.15) is 11.1 Å². The van der Waals surface area contributed by atoms with Crippen LogP contribution < -0.4 is 25.0 Å². The number of hydrogen-bond donors (Lipinski definition) is 2. The Bertz CT molecular complexity index is 753. The minimum Gasteiger partial charge on any atom is -0.493 e. The highest BCUT2D eigenvalue weighted by Crippen LogP contribution is 2.37. The van der Waals surface area contributed by atoms with Gasteiger partial charge in [-0.25, -0.2) is 0 Å². The third kappa shape index (κ3) is 5.09. The number of hydrogen-bond acceptors (Lipinski definition) is 5. The molecule has 0 radical (unpaired) electrons. The van der Waals surface area contributed by atoms with E-state index in [0.29, 0.717) is 22.4 Å². The summed E-state index contributed by atoms with van der Waals surface area (Å²) in [5, 5.41) is 7.60.